The third-order valence-electron chi connectivity index (χ3n) is 28.7. The summed E-state index contributed by atoms with van der Waals surface area (Å²) in [5.74, 6) is 16.1. The molecule has 0 bridgehead atoms. The highest BCUT2D eigenvalue weighted by Gasteiger charge is 2.56. The van der Waals surface area contributed by atoms with Crippen LogP contribution in [0.4, 0.5) is 49.6 Å². The number of halogens is 9. The molecule has 4 aromatic carbocycles. The number of nitrogen functional groups attached to an aromatic ring is 4. The summed E-state index contributed by atoms with van der Waals surface area (Å²) in [5, 5.41) is 36.8. The van der Waals surface area contributed by atoms with E-state index in [2.05, 4.69) is 83.1 Å². The van der Waals surface area contributed by atoms with Gasteiger partial charge in [0.1, 0.15) is 85.8 Å². The lowest BCUT2D eigenvalue weighted by Crippen LogP contribution is -2.42. The molecule has 4 spiro atoms. The number of benzene rings is 4. The maximum Gasteiger partial charge on any atom is 0.419 e. The minimum absolute atomic E-state index is 0.00898. The zero-order chi connectivity index (χ0) is 104. The van der Waals surface area contributed by atoms with Gasteiger partial charge in [0.25, 0.3) is 47.3 Å². The van der Waals surface area contributed by atoms with Crippen molar-refractivity contribution in [1.82, 2.24) is 97.8 Å². The van der Waals surface area contributed by atoms with Crippen LogP contribution < -0.4 is 45.9 Å². The summed E-state index contributed by atoms with van der Waals surface area (Å²) >= 11 is 18.5. The summed E-state index contributed by atoms with van der Waals surface area (Å²) in [6.07, 6.45) is 17.5. The quantitative estimate of drug-likeness (QED) is 0.0259. The Balaban J connectivity index is 0.000000133. The maximum atomic E-state index is 14.0. The van der Waals surface area contributed by atoms with Gasteiger partial charge in [-0.05, 0) is 209 Å². The number of nitrogens with two attached hydrogens (primary N) is 8. The van der Waals surface area contributed by atoms with Crippen molar-refractivity contribution in [3.8, 4) is 92.4 Å². The Morgan fingerprint density at radius 3 is 0.966 bits per heavy atom. The standard InChI is InChI=1S/C26H25F4N7O2.2C25H25ClFN7O2.C25H26ClN7O2/c1-2-4-19(38)35-8-7-25(14-35)9-17(10-25)37-23(31)20(24(32)39)22(34-37)16-11-33-36(13-16)12-15-5-3-6-18(27)21(15)26(28,29)30;1-2-4-19(35)32-8-7-25(14-32)9-17(10-25)34-23(28)20(24(29)36)22(31-34)16-11-30-33(13-16)12-15-5-3-6-18(27)21(15)26;1-2-3-20(35)32-7-6-25(14-32)9-18(10-25)34-23(28)21(24(29)36)22(31-34)16-11-30-33(13-16)12-15-8-17(27)4-5-19(15)26;1-2-5-20(34)31-9-8-25(15-31)10-18(11-25)33-23(27)21(24(28)35)22(30-33)17-12-29-32(14-17)13-16-6-3-4-7-19(16)26/h3,5-6,11,13,17H,7-10,12,14,31H2,1H3,(H2,32,39);3,5-6,11,13,17H,7-10,12,14,28H2,1H3,(H2,29,36);4-5,8,11,13,18H,6-7,9-10,12,14,28H2,1H3,(H2,29,36);3-4,6-7,12,14,18H,8-11,13,15,27H2,1H3,(H2,28,35). The van der Waals surface area contributed by atoms with Gasteiger partial charge in [-0.25, -0.2) is 31.9 Å². The highest BCUT2D eigenvalue weighted by Crippen LogP contribution is 2.59. The van der Waals surface area contributed by atoms with Crippen LogP contribution in [0.1, 0.15) is 198 Å². The molecule has 12 aromatic rings. The number of hydrogen-bond acceptors (Lipinski definition) is 20. The van der Waals surface area contributed by atoms with E-state index >= 15 is 0 Å². The molecule has 8 fully saturated rings. The minimum atomic E-state index is -4.88. The summed E-state index contributed by atoms with van der Waals surface area (Å²) in [6, 6.07) is 19.3. The molecule has 12 heterocycles. The molecule has 4 saturated carbocycles. The van der Waals surface area contributed by atoms with Crippen LogP contribution in [0.5, 0.6) is 0 Å². The molecule has 20 rings (SSSR count). The molecular formula is C101H101Cl3F6N28O8. The third kappa shape index (κ3) is 20.5. The van der Waals surface area contributed by atoms with E-state index in [1.165, 1.54) is 53.5 Å². The number of nitrogens with zero attached hydrogens (tertiary/aromatic N) is 20. The van der Waals surface area contributed by atoms with Crippen molar-refractivity contribution in [2.75, 3.05) is 75.3 Å². The van der Waals surface area contributed by atoms with E-state index in [9.17, 15) is 64.7 Å². The van der Waals surface area contributed by atoms with Crippen LogP contribution in [0.15, 0.2) is 128 Å². The van der Waals surface area contributed by atoms with E-state index in [1.807, 2.05) is 29.2 Å². The smallest absolute Gasteiger partial charge is 0.383 e. The summed E-state index contributed by atoms with van der Waals surface area (Å²) < 4.78 is 94.3. The van der Waals surface area contributed by atoms with Gasteiger partial charge in [-0.15, -0.1) is 0 Å². The number of carbonyl (C=O) groups excluding carboxylic acids is 8. The van der Waals surface area contributed by atoms with Crippen LogP contribution >= 0.6 is 34.8 Å². The first-order valence-corrected chi connectivity index (χ1v) is 47.9. The molecule has 45 heteroatoms. The summed E-state index contributed by atoms with van der Waals surface area (Å²) in [5.41, 5.74) is 52.3. The maximum absolute atomic E-state index is 14.0. The Morgan fingerprint density at radius 2 is 0.658 bits per heavy atom. The van der Waals surface area contributed by atoms with E-state index in [4.69, 9.17) is 85.8 Å². The Hall–Kier alpha value is -15.8. The van der Waals surface area contributed by atoms with Crippen molar-refractivity contribution in [2.24, 2.45) is 44.6 Å². The number of amides is 8. The Bertz CT molecular complexity index is 7330. The zero-order valence-corrected chi connectivity index (χ0v) is 81.9. The second-order valence-corrected chi connectivity index (χ2v) is 39.5. The Kier molecular flexibility index (Phi) is 28.4. The van der Waals surface area contributed by atoms with Crippen molar-refractivity contribution < 1.29 is 64.7 Å². The highest BCUT2D eigenvalue weighted by molar-refractivity contribution is 6.32. The van der Waals surface area contributed by atoms with E-state index < -0.39 is 52.8 Å². The van der Waals surface area contributed by atoms with Crippen LogP contribution in [0.25, 0.3) is 45.0 Å². The van der Waals surface area contributed by atoms with Crippen LogP contribution in [-0.2, 0) is 51.5 Å². The van der Waals surface area contributed by atoms with Crippen LogP contribution in [0.3, 0.4) is 0 Å². The van der Waals surface area contributed by atoms with Gasteiger partial charge >= 0.3 is 6.18 Å². The highest BCUT2D eigenvalue weighted by atomic mass is 35.5. The molecule has 8 aromatic heterocycles. The first kappa shape index (κ1) is 102. The van der Waals surface area contributed by atoms with Gasteiger partial charge in [-0.3, -0.25) is 57.1 Å². The van der Waals surface area contributed by atoms with Gasteiger partial charge in [0, 0.05) is 109 Å². The molecule has 8 amide bonds. The predicted molar refractivity (Wildman–Crippen MR) is 529 cm³/mol. The van der Waals surface area contributed by atoms with E-state index in [1.54, 1.807) is 124 Å². The van der Waals surface area contributed by atoms with E-state index in [-0.39, 0.29) is 151 Å². The van der Waals surface area contributed by atoms with Crippen LogP contribution in [0, 0.1) is 86.5 Å². The number of alkyl halides is 3. The largest absolute Gasteiger partial charge is 0.419 e. The summed E-state index contributed by atoms with van der Waals surface area (Å²) in [6.45, 7) is 12.4. The molecule has 0 atom stereocenters. The lowest BCUT2D eigenvalue weighted by atomic mass is 9.65. The Labute approximate surface area is 847 Å². The number of carbonyl (C=O) groups is 8. The molecule has 146 heavy (non-hydrogen) atoms. The number of anilines is 4. The second-order valence-electron chi connectivity index (χ2n) is 38.3. The fourth-order valence-electron chi connectivity index (χ4n) is 21.6. The van der Waals surface area contributed by atoms with Crippen LogP contribution in [0.2, 0.25) is 15.1 Å². The fourth-order valence-corrected chi connectivity index (χ4v) is 22.2. The van der Waals surface area contributed by atoms with Gasteiger partial charge < -0.3 is 65.5 Å². The topological polar surface area (TPSA) is 500 Å². The van der Waals surface area contributed by atoms with E-state index in [0.29, 0.717) is 132 Å². The van der Waals surface area contributed by atoms with Crippen molar-refractivity contribution >= 4 is 105 Å². The minimum Gasteiger partial charge on any atom is -0.383 e. The average molecular weight is 2060 g/mol. The Morgan fingerprint density at radius 1 is 0.377 bits per heavy atom. The van der Waals surface area contributed by atoms with Gasteiger partial charge in [-0.1, -0.05) is 101 Å². The number of likely N-dealkylation sites (tertiary alicyclic amines) is 4. The summed E-state index contributed by atoms with van der Waals surface area (Å²) in [4.78, 5) is 105. The molecule has 4 aliphatic heterocycles. The van der Waals surface area contributed by atoms with E-state index in [0.717, 1.165) is 75.8 Å². The molecular weight excluding hydrogens is 1950 g/mol. The zero-order valence-electron chi connectivity index (χ0n) is 79.6. The molecule has 8 aliphatic rings. The molecule has 756 valence electrons. The lowest BCUT2D eigenvalue weighted by Gasteiger charge is -2.45. The van der Waals surface area contributed by atoms with Crippen molar-refractivity contribution in [1.29, 1.82) is 0 Å². The van der Waals surface area contributed by atoms with Crippen molar-refractivity contribution in [2.45, 2.75) is 161 Å². The SMILES string of the molecule is CC#CC(=O)N1CCC2(CC(n3nc(-c4cnn(Cc5cc(F)ccc5Cl)c4)c(C(N)=O)c3N)C2)C1.CC#CC(=O)N1CCC2(CC(n3nc(-c4cnn(Cc5cccc(F)c5C(F)(F)F)c4)c(C(N)=O)c3N)C2)C1.CC#CC(=O)N1CCC2(CC(n3nc(-c4cnn(Cc5cccc(F)c5Cl)c4)c(C(N)=O)c3N)C2)C1.CC#CC(=O)N1CCC2(CC(n3nc(-c4cnn(Cc5ccccc5Cl)c4)c(C(N)=O)c3N)C2)C1. The van der Waals surface area contributed by atoms with Gasteiger partial charge in [-0.2, -0.15) is 54.0 Å². The second kappa shape index (κ2) is 40.8. The van der Waals surface area contributed by atoms with Crippen molar-refractivity contribution in [3.63, 3.8) is 0 Å². The van der Waals surface area contributed by atoms with Crippen molar-refractivity contribution in [3.05, 3.63) is 211 Å². The number of aromatic nitrogens is 16. The number of hydrogen-bond donors (Lipinski definition) is 8. The normalized spacial score (nSPS) is 20.7. The first-order chi connectivity index (χ1) is 69.6. The van der Waals surface area contributed by atoms with Gasteiger partial charge in [0.2, 0.25) is 0 Å². The molecule has 4 saturated heterocycles. The molecule has 36 nitrogen and oxygen atoms in total. The molecule has 0 radical (unpaired) electrons. The molecule has 4 aliphatic carbocycles. The van der Waals surface area contributed by atoms with Crippen LogP contribution in [-0.4, -0.2) is 197 Å². The number of primary amides is 4. The molecule has 0 unspecified atom stereocenters. The average Bonchev–Trinajstić information content (AvgIpc) is 1.59. The molecule has 16 N–H and O–H groups in total. The predicted octanol–water partition coefficient (Wildman–Crippen LogP) is 11.6. The lowest BCUT2D eigenvalue weighted by molar-refractivity contribution is -0.140. The first-order valence-electron chi connectivity index (χ1n) is 46.8. The van der Waals surface area contributed by atoms with Gasteiger partial charge in [0.15, 0.2) is 0 Å². The van der Waals surface area contributed by atoms with Gasteiger partial charge in [0.05, 0.1) is 85.7 Å². The number of rotatable bonds is 20. The fraction of sp³-hybridized carbons (Fsp3) is 0.366. The third-order valence-corrected chi connectivity index (χ3v) is 29.8. The monoisotopic (exact) mass is 2050 g/mol. The summed E-state index contributed by atoms with van der Waals surface area (Å²) in [7, 11) is 0.